The summed E-state index contributed by atoms with van der Waals surface area (Å²) >= 11 is 0. The van der Waals surface area contributed by atoms with E-state index in [1.807, 2.05) is 6.07 Å². The first kappa shape index (κ1) is 14.7. The van der Waals surface area contributed by atoms with Crippen LogP contribution < -0.4 is 0 Å². The molecular formula is C18H17NO6. The summed E-state index contributed by atoms with van der Waals surface area (Å²) in [7, 11) is 1.15. The Morgan fingerprint density at radius 1 is 1.36 bits per heavy atom. The van der Waals surface area contributed by atoms with Gasteiger partial charge in [0, 0.05) is 6.42 Å². The Morgan fingerprint density at radius 2 is 2.12 bits per heavy atom. The van der Waals surface area contributed by atoms with Crippen LogP contribution >= 0.6 is 0 Å². The Hall–Kier alpha value is -2.67. The predicted molar refractivity (Wildman–Crippen MR) is 84.5 cm³/mol. The van der Waals surface area contributed by atoms with Gasteiger partial charge in [-0.2, -0.15) is 0 Å². The fourth-order valence-corrected chi connectivity index (χ4v) is 3.56. The molecule has 130 valence electrons. The second-order valence-corrected chi connectivity index (χ2v) is 6.09. The molecule has 0 aromatic heterocycles. The van der Waals surface area contributed by atoms with E-state index in [-0.39, 0.29) is 13.0 Å². The quantitative estimate of drug-likeness (QED) is 0.609. The van der Waals surface area contributed by atoms with Crippen molar-refractivity contribution in [2.45, 2.75) is 30.2 Å². The molecule has 1 amide bonds. The van der Waals surface area contributed by atoms with Crippen molar-refractivity contribution in [3.8, 4) is 0 Å². The minimum Gasteiger partial charge on any atom is -0.467 e. The Balaban J connectivity index is 1.86. The summed E-state index contributed by atoms with van der Waals surface area (Å²) in [5.74, 6) is -1.49. The van der Waals surface area contributed by atoms with Gasteiger partial charge >= 0.3 is 12.1 Å². The third-order valence-electron chi connectivity index (χ3n) is 4.67. The number of fused-ring (bicyclic) bond motifs is 2. The molecule has 0 N–H and O–H groups in total. The van der Waals surface area contributed by atoms with Gasteiger partial charge in [0.2, 0.25) is 5.60 Å². The smallest absolute Gasteiger partial charge is 0.411 e. The highest BCUT2D eigenvalue weighted by molar-refractivity contribution is 5.99. The molecule has 2 unspecified atom stereocenters. The molecule has 3 aliphatic heterocycles. The number of methoxy groups -OCH3 is 1. The molecule has 3 aliphatic rings. The number of amides is 1. The van der Waals surface area contributed by atoms with E-state index in [1.54, 1.807) is 30.3 Å². The average Bonchev–Trinajstić information content (AvgIpc) is 3.23. The number of carbonyl (C=O) groups is 3. The van der Waals surface area contributed by atoms with Gasteiger partial charge in [-0.3, -0.25) is 9.69 Å². The van der Waals surface area contributed by atoms with Crippen LogP contribution in [-0.2, 0) is 23.8 Å². The zero-order chi connectivity index (χ0) is 18.5. The third-order valence-corrected chi connectivity index (χ3v) is 4.67. The first-order valence-corrected chi connectivity index (χ1v) is 7.94. The Labute approximate surface area is 145 Å². The molecule has 1 aromatic rings. The molecule has 25 heavy (non-hydrogen) atoms. The van der Waals surface area contributed by atoms with Gasteiger partial charge in [0.15, 0.2) is 5.78 Å². The fraction of sp³-hybridized carbons (Fsp3) is 0.389. The molecule has 2 bridgehead atoms. The van der Waals surface area contributed by atoms with Crippen LogP contribution in [0.2, 0.25) is 0 Å². The topological polar surface area (TPSA) is 82.1 Å². The molecule has 3 heterocycles. The maximum Gasteiger partial charge on any atom is 0.411 e. The van der Waals surface area contributed by atoms with Crippen LogP contribution in [0, 0.1) is 0 Å². The molecule has 0 radical (unpaired) electrons. The summed E-state index contributed by atoms with van der Waals surface area (Å²) in [5, 5.41) is 0. The van der Waals surface area contributed by atoms with Crippen LogP contribution in [0.25, 0.3) is 0 Å². The highest BCUT2D eigenvalue weighted by atomic mass is 16.6. The Kier molecular flexibility index (Phi) is 3.34. The molecule has 2 saturated heterocycles. The number of esters is 1. The molecule has 7 nitrogen and oxygen atoms in total. The lowest BCUT2D eigenvalue weighted by Gasteiger charge is -2.42. The molecule has 4 atom stereocenters. The van der Waals surface area contributed by atoms with Crippen LogP contribution in [0.5, 0.6) is 0 Å². The van der Waals surface area contributed by atoms with E-state index in [4.69, 9.17) is 15.6 Å². The molecule has 0 spiro atoms. The van der Waals surface area contributed by atoms with E-state index < -0.39 is 41.6 Å². The Bertz CT molecular complexity index is 811. The lowest BCUT2D eigenvalue weighted by atomic mass is 9.86. The van der Waals surface area contributed by atoms with Gasteiger partial charge in [0.25, 0.3) is 0 Å². The van der Waals surface area contributed by atoms with Gasteiger partial charge in [-0.25, -0.2) is 9.59 Å². The van der Waals surface area contributed by atoms with Gasteiger partial charge in [0.05, 0.1) is 20.6 Å². The number of Topliss-reactive ketones (excluding diaryl/α,β-unsaturated/α-hetero) is 1. The van der Waals surface area contributed by atoms with Crippen LogP contribution in [0.15, 0.2) is 42.5 Å². The Morgan fingerprint density at radius 3 is 2.84 bits per heavy atom. The fourth-order valence-electron chi connectivity index (χ4n) is 3.56. The molecular weight excluding hydrogens is 326 g/mol. The summed E-state index contributed by atoms with van der Waals surface area (Å²) < 4.78 is 24.7. The van der Waals surface area contributed by atoms with Crippen molar-refractivity contribution in [1.82, 2.24) is 4.90 Å². The highest BCUT2D eigenvalue weighted by Crippen LogP contribution is 2.43. The normalized spacial score (nSPS) is 37.0. The minimum atomic E-state index is -2.32. The number of ketones is 1. The van der Waals surface area contributed by atoms with E-state index in [9.17, 15) is 14.4 Å². The maximum atomic E-state index is 12.9. The van der Waals surface area contributed by atoms with Gasteiger partial charge in [0.1, 0.15) is 12.6 Å². The maximum absolute atomic E-state index is 12.9. The number of hydrogen-bond acceptors (Lipinski definition) is 6. The summed E-state index contributed by atoms with van der Waals surface area (Å²) in [6, 6.07) is 5.92. The summed E-state index contributed by atoms with van der Waals surface area (Å²) in [6.07, 6.45) is 1.35. The standard InChI is InChI=1S/C18H17NO6/c1-23-16(21)18-8-7-12(25-18)9-14(20)15(18)19-13(10-24-17(19)22)11-5-3-2-4-6-11/h2-8,12-13,15H,9-10H2,1H3/t12-,13-,15?,18?/m0/s1/i15D. The SMILES string of the molecule is [2H]C1(N2C(=O)OC[C@H]2c2ccccc2)C(=O)C[C@@H]2C=CC1(C(=O)OC)O2. The molecule has 2 fully saturated rings. The molecule has 4 rings (SSSR count). The van der Waals surface area contributed by atoms with Crippen LogP contribution in [0.1, 0.15) is 19.4 Å². The largest absolute Gasteiger partial charge is 0.467 e. The van der Waals surface area contributed by atoms with Gasteiger partial charge in [-0.05, 0) is 11.6 Å². The van der Waals surface area contributed by atoms with Gasteiger partial charge in [-0.1, -0.05) is 36.4 Å². The predicted octanol–water partition coefficient (Wildman–Crippen LogP) is 1.39. The van der Waals surface area contributed by atoms with E-state index >= 15 is 0 Å². The van der Waals surface area contributed by atoms with Crippen molar-refractivity contribution in [2.24, 2.45) is 0 Å². The van der Waals surface area contributed by atoms with Crippen molar-refractivity contribution < 1.29 is 30.0 Å². The van der Waals surface area contributed by atoms with E-state index in [0.717, 1.165) is 12.0 Å². The van der Waals surface area contributed by atoms with Crippen molar-refractivity contribution >= 4 is 17.8 Å². The lowest BCUT2D eigenvalue weighted by molar-refractivity contribution is -0.182. The van der Waals surface area contributed by atoms with Gasteiger partial charge < -0.3 is 14.2 Å². The first-order valence-electron chi connectivity index (χ1n) is 8.44. The summed E-state index contributed by atoms with van der Waals surface area (Å²) in [6.45, 7) is -0.0266. The zero-order valence-corrected chi connectivity index (χ0v) is 13.5. The van der Waals surface area contributed by atoms with Crippen LogP contribution in [0.3, 0.4) is 0 Å². The lowest BCUT2D eigenvalue weighted by Crippen LogP contribution is -2.64. The summed E-state index contributed by atoms with van der Waals surface area (Å²) in [5.41, 5.74) is -1.32. The van der Waals surface area contributed by atoms with E-state index in [2.05, 4.69) is 0 Å². The summed E-state index contributed by atoms with van der Waals surface area (Å²) in [4.78, 5) is 39.1. The first-order chi connectivity index (χ1) is 12.4. The average molecular weight is 344 g/mol. The number of hydrogen-bond donors (Lipinski definition) is 0. The molecule has 0 saturated carbocycles. The number of ether oxygens (including phenoxy) is 3. The van der Waals surface area contributed by atoms with Crippen molar-refractivity contribution in [3.05, 3.63) is 48.0 Å². The zero-order valence-electron chi connectivity index (χ0n) is 14.5. The van der Waals surface area contributed by atoms with E-state index in [0.29, 0.717) is 5.56 Å². The third kappa shape index (κ3) is 2.26. The number of nitrogens with zero attached hydrogens (tertiary/aromatic N) is 1. The second-order valence-electron chi connectivity index (χ2n) is 6.09. The number of cyclic esters (lactones) is 1. The van der Waals surface area contributed by atoms with Gasteiger partial charge in [-0.15, -0.1) is 0 Å². The van der Waals surface area contributed by atoms with Crippen LogP contribution in [0.4, 0.5) is 4.79 Å². The molecule has 7 heteroatoms. The monoisotopic (exact) mass is 344 g/mol. The molecule has 1 aromatic carbocycles. The van der Waals surface area contributed by atoms with E-state index in [1.165, 1.54) is 6.08 Å². The number of carbonyl (C=O) groups excluding carboxylic acids is 3. The highest BCUT2D eigenvalue weighted by Gasteiger charge is 2.62. The number of benzene rings is 1. The van der Waals surface area contributed by atoms with Crippen molar-refractivity contribution in [3.63, 3.8) is 0 Å². The minimum absolute atomic E-state index is 0.0266. The van der Waals surface area contributed by atoms with Crippen molar-refractivity contribution in [2.75, 3.05) is 13.7 Å². The van der Waals surface area contributed by atoms with Crippen molar-refractivity contribution in [1.29, 1.82) is 0 Å². The second kappa shape index (κ2) is 5.70. The van der Waals surface area contributed by atoms with Crippen LogP contribution in [-0.4, -0.2) is 54.2 Å². The number of rotatable bonds is 3. The molecule has 0 aliphatic carbocycles.